The van der Waals surface area contributed by atoms with Gasteiger partial charge in [-0.2, -0.15) is 0 Å². The summed E-state index contributed by atoms with van der Waals surface area (Å²) in [6.45, 7) is 5.35. The van der Waals surface area contributed by atoms with Crippen molar-refractivity contribution < 1.29 is 5.11 Å². The maximum atomic E-state index is 10.1. The third kappa shape index (κ3) is 4.63. The normalized spacial score (nSPS) is 24.6. The molecule has 1 atom stereocenters. The monoisotopic (exact) mass is 278 g/mol. The molecule has 0 spiro atoms. The quantitative estimate of drug-likeness (QED) is 0.811. The van der Waals surface area contributed by atoms with Crippen LogP contribution in [-0.2, 0) is 6.54 Å². The first-order chi connectivity index (χ1) is 9.09. The molecule has 0 radical (unpaired) electrons. The van der Waals surface area contributed by atoms with Crippen LogP contribution in [0.3, 0.4) is 0 Å². The summed E-state index contributed by atoms with van der Waals surface area (Å²) < 4.78 is 0. The lowest BCUT2D eigenvalue weighted by molar-refractivity contribution is 0.0444. The zero-order valence-corrected chi connectivity index (χ0v) is 12.3. The zero-order valence-electron chi connectivity index (χ0n) is 11.5. The number of nitrogens with two attached hydrogens (primary N) is 1. The summed E-state index contributed by atoms with van der Waals surface area (Å²) in [6, 6.07) is 2.15. The van der Waals surface area contributed by atoms with Crippen LogP contribution >= 0.6 is 11.3 Å². The van der Waals surface area contributed by atoms with Gasteiger partial charge in [-0.1, -0.05) is 11.8 Å². The third-order valence-electron chi connectivity index (χ3n) is 3.52. The molecule has 0 amide bonds. The standard InChI is InChI=1S/C15H22N2OS/c1-15(18)5-3-8-17(9-6-15)11-14-10-13(12-19-14)4-2-7-16/h10,12,18H,3,5-9,11,16H2,1H3. The molecule has 19 heavy (non-hydrogen) atoms. The molecular formula is C15H22N2OS. The highest BCUT2D eigenvalue weighted by molar-refractivity contribution is 7.10. The number of nitrogens with zero attached hydrogens (tertiary/aromatic N) is 1. The summed E-state index contributed by atoms with van der Waals surface area (Å²) >= 11 is 1.75. The second kappa shape index (κ2) is 6.53. The molecule has 2 heterocycles. The fraction of sp³-hybridized carbons (Fsp3) is 0.600. The number of rotatable bonds is 2. The van der Waals surface area contributed by atoms with E-state index in [0.29, 0.717) is 6.54 Å². The summed E-state index contributed by atoms with van der Waals surface area (Å²) in [7, 11) is 0. The molecule has 1 aliphatic heterocycles. The van der Waals surface area contributed by atoms with E-state index < -0.39 is 5.60 Å². The van der Waals surface area contributed by atoms with Gasteiger partial charge in [-0.05, 0) is 38.8 Å². The summed E-state index contributed by atoms with van der Waals surface area (Å²) in [5.74, 6) is 5.94. The Kier molecular flexibility index (Phi) is 5.00. The Morgan fingerprint density at radius 2 is 2.32 bits per heavy atom. The molecule has 104 valence electrons. The van der Waals surface area contributed by atoms with Gasteiger partial charge in [0.1, 0.15) is 0 Å². The molecule has 1 aromatic heterocycles. The molecule has 1 fully saturated rings. The van der Waals surface area contributed by atoms with Crippen LogP contribution in [0.2, 0.25) is 0 Å². The number of hydrogen-bond donors (Lipinski definition) is 2. The second-order valence-electron chi connectivity index (χ2n) is 5.43. The van der Waals surface area contributed by atoms with E-state index in [4.69, 9.17) is 5.73 Å². The van der Waals surface area contributed by atoms with E-state index in [-0.39, 0.29) is 0 Å². The third-order valence-corrected chi connectivity index (χ3v) is 4.45. The molecule has 2 rings (SSSR count). The first kappa shape index (κ1) is 14.5. The number of aliphatic hydroxyl groups is 1. The Morgan fingerprint density at radius 1 is 1.47 bits per heavy atom. The number of hydrogen-bond acceptors (Lipinski definition) is 4. The van der Waals surface area contributed by atoms with Crippen LogP contribution in [0.15, 0.2) is 11.4 Å². The first-order valence-electron chi connectivity index (χ1n) is 6.80. The van der Waals surface area contributed by atoms with Crippen molar-refractivity contribution in [2.75, 3.05) is 19.6 Å². The Bertz CT molecular complexity index is 470. The van der Waals surface area contributed by atoms with Crippen molar-refractivity contribution in [3.8, 4) is 11.8 Å². The van der Waals surface area contributed by atoms with Gasteiger partial charge < -0.3 is 10.8 Å². The van der Waals surface area contributed by atoms with Crippen LogP contribution in [-0.4, -0.2) is 35.2 Å². The van der Waals surface area contributed by atoms with Crippen LogP contribution in [0.5, 0.6) is 0 Å². The minimum Gasteiger partial charge on any atom is -0.390 e. The van der Waals surface area contributed by atoms with Gasteiger partial charge in [0.05, 0.1) is 12.1 Å². The van der Waals surface area contributed by atoms with Crippen LogP contribution in [0.25, 0.3) is 0 Å². The van der Waals surface area contributed by atoms with E-state index in [2.05, 4.69) is 28.2 Å². The van der Waals surface area contributed by atoms with Crippen molar-refractivity contribution in [2.24, 2.45) is 5.73 Å². The van der Waals surface area contributed by atoms with Crippen molar-refractivity contribution >= 4 is 11.3 Å². The molecule has 3 N–H and O–H groups in total. The molecule has 1 aromatic rings. The molecule has 0 aromatic carbocycles. The van der Waals surface area contributed by atoms with Gasteiger partial charge in [0.15, 0.2) is 0 Å². The average Bonchev–Trinajstić information content (AvgIpc) is 2.73. The van der Waals surface area contributed by atoms with E-state index >= 15 is 0 Å². The van der Waals surface area contributed by atoms with Gasteiger partial charge in [-0.25, -0.2) is 0 Å². The van der Waals surface area contributed by atoms with Crippen molar-refractivity contribution in [1.29, 1.82) is 0 Å². The molecule has 0 bridgehead atoms. The van der Waals surface area contributed by atoms with Gasteiger partial charge in [-0.15, -0.1) is 11.3 Å². The zero-order chi connectivity index (χ0) is 13.7. The Hall–Kier alpha value is -0.860. The first-order valence-corrected chi connectivity index (χ1v) is 7.68. The molecular weight excluding hydrogens is 256 g/mol. The number of likely N-dealkylation sites (tertiary alicyclic amines) is 1. The Labute approximate surface area is 119 Å². The Morgan fingerprint density at radius 3 is 3.11 bits per heavy atom. The molecule has 0 saturated carbocycles. The lowest BCUT2D eigenvalue weighted by Gasteiger charge is -2.21. The topological polar surface area (TPSA) is 49.5 Å². The van der Waals surface area contributed by atoms with Crippen LogP contribution < -0.4 is 5.73 Å². The molecule has 0 aliphatic carbocycles. The fourth-order valence-corrected chi connectivity index (χ4v) is 3.24. The van der Waals surface area contributed by atoms with E-state index in [1.807, 2.05) is 6.92 Å². The molecule has 1 unspecified atom stereocenters. The van der Waals surface area contributed by atoms with Gasteiger partial charge in [0.25, 0.3) is 0 Å². The average molecular weight is 278 g/mol. The van der Waals surface area contributed by atoms with Crippen molar-refractivity contribution in [3.63, 3.8) is 0 Å². The van der Waals surface area contributed by atoms with Crippen molar-refractivity contribution in [2.45, 2.75) is 38.3 Å². The molecule has 1 aliphatic rings. The van der Waals surface area contributed by atoms with Gasteiger partial charge >= 0.3 is 0 Å². The predicted octanol–water partition coefficient (Wildman–Crippen LogP) is 1.80. The van der Waals surface area contributed by atoms with Crippen LogP contribution in [0, 0.1) is 11.8 Å². The minimum atomic E-state index is -0.484. The predicted molar refractivity (Wildman–Crippen MR) is 80.0 cm³/mol. The Balaban J connectivity index is 1.92. The van der Waals surface area contributed by atoms with Gasteiger partial charge in [0.2, 0.25) is 0 Å². The summed E-state index contributed by atoms with van der Waals surface area (Å²) in [5.41, 5.74) is 5.95. The minimum absolute atomic E-state index is 0.409. The number of thiophene rings is 1. The van der Waals surface area contributed by atoms with E-state index in [9.17, 15) is 5.11 Å². The SMILES string of the molecule is CC1(O)CCCN(Cc2cc(C#CCN)cs2)CC1. The van der Waals surface area contributed by atoms with Crippen LogP contribution in [0.4, 0.5) is 0 Å². The highest BCUT2D eigenvalue weighted by Crippen LogP contribution is 2.23. The molecule has 3 nitrogen and oxygen atoms in total. The van der Waals surface area contributed by atoms with Crippen molar-refractivity contribution in [3.05, 3.63) is 21.9 Å². The van der Waals surface area contributed by atoms with Crippen LogP contribution in [0.1, 0.15) is 36.6 Å². The summed E-state index contributed by atoms with van der Waals surface area (Å²) in [6.07, 6.45) is 2.83. The van der Waals surface area contributed by atoms with E-state index in [1.54, 1.807) is 11.3 Å². The highest BCUT2D eigenvalue weighted by Gasteiger charge is 2.24. The lowest BCUT2D eigenvalue weighted by atomic mass is 9.98. The van der Waals surface area contributed by atoms with Crippen molar-refractivity contribution in [1.82, 2.24) is 4.90 Å². The summed E-state index contributed by atoms with van der Waals surface area (Å²) in [4.78, 5) is 3.76. The lowest BCUT2D eigenvalue weighted by Crippen LogP contribution is -2.27. The van der Waals surface area contributed by atoms with Gasteiger partial charge in [0, 0.05) is 28.9 Å². The smallest absolute Gasteiger partial charge is 0.0632 e. The van der Waals surface area contributed by atoms with E-state index in [0.717, 1.165) is 44.5 Å². The molecule has 1 saturated heterocycles. The summed E-state index contributed by atoms with van der Waals surface area (Å²) in [5, 5.41) is 12.2. The maximum Gasteiger partial charge on any atom is 0.0632 e. The van der Waals surface area contributed by atoms with Gasteiger partial charge in [-0.3, -0.25) is 4.90 Å². The largest absolute Gasteiger partial charge is 0.390 e. The van der Waals surface area contributed by atoms with E-state index in [1.165, 1.54) is 4.88 Å². The fourth-order valence-electron chi connectivity index (χ4n) is 2.38. The second-order valence-corrected chi connectivity index (χ2v) is 6.43. The maximum absolute atomic E-state index is 10.1. The highest BCUT2D eigenvalue weighted by atomic mass is 32.1. The molecule has 4 heteroatoms.